The molecular formula is C40H52N2. The molecule has 0 saturated carbocycles. The van der Waals surface area contributed by atoms with Crippen LogP contribution in [0.1, 0.15) is 116 Å². The van der Waals surface area contributed by atoms with Crippen LogP contribution in [0.4, 0.5) is 0 Å². The molecule has 0 bridgehead atoms. The van der Waals surface area contributed by atoms with E-state index < -0.39 is 0 Å². The fourth-order valence-electron chi connectivity index (χ4n) is 5.99. The predicted octanol–water partition coefficient (Wildman–Crippen LogP) is 12.0. The Morgan fingerprint density at radius 2 is 1.12 bits per heavy atom. The molecule has 0 amide bonds. The van der Waals surface area contributed by atoms with Crippen molar-refractivity contribution in [2.24, 2.45) is 0 Å². The van der Waals surface area contributed by atoms with Gasteiger partial charge in [-0.1, -0.05) is 165 Å². The molecule has 0 N–H and O–H groups in total. The van der Waals surface area contributed by atoms with Gasteiger partial charge >= 0.3 is 0 Å². The van der Waals surface area contributed by atoms with E-state index in [9.17, 15) is 0 Å². The van der Waals surface area contributed by atoms with Crippen molar-refractivity contribution in [3.8, 4) is 33.9 Å². The molecule has 0 aliphatic heterocycles. The third kappa shape index (κ3) is 9.38. The van der Waals surface area contributed by atoms with Crippen LogP contribution in [-0.2, 0) is 11.8 Å². The highest BCUT2D eigenvalue weighted by atomic mass is 14.9. The van der Waals surface area contributed by atoms with Gasteiger partial charge in [-0.2, -0.15) is 0 Å². The molecule has 1 aromatic heterocycles. The molecule has 0 atom stereocenters. The monoisotopic (exact) mass is 560 g/mol. The molecule has 3 aromatic carbocycles. The molecule has 222 valence electrons. The minimum atomic E-state index is 0.132. The predicted molar refractivity (Wildman–Crippen MR) is 182 cm³/mol. The number of aryl methyl sites for hydroxylation is 1. The van der Waals surface area contributed by atoms with Gasteiger partial charge in [0, 0.05) is 16.7 Å². The number of rotatable bonds is 17. The van der Waals surface area contributed by atoms with Gasteiger partial charge in [-0.25, -0.2) is 9.97 Å². The first-order chi connectivity index (χ1) is 20.5. The van der Waals surface area contributed by atoms with Crippen LogP contribution in [0.15, 0.2) is 84.9 Å². The summed E-state index contributed by atoms with van der Waals surface area (Å²) in [5.41, 5.74) is 8.17. The van der Waals surface area contributed by atoms with Crippen LogP contribution in [0.2, 0.25) is 0 Å². The first-order valence-corrected chi connectivity index (χ1v) is 16.6. The second kappa shape index (κ2) is 16.4. The van der Waals surface area contributed by atoms with Gasteiger partial charge in [0.15, 0.2) is 5.82 Å². The van der Waals surface area contributed by atoms with Crippen LogP contribution in [0.3, 0.4) is 0 Å². The van der Waals surface area contributed by atoms with E-state index in [0.717, 1.165) is 46.7 Å². The Balaban J connectivity index is 1.46. The lowest BCUT2D eigenvalue weighted by atomic mass is 9.80. The molecule has 0 aliphatic rings. The smallest absolute Gasteiger partial charge is 0.160 e. The summed E-state index contributed by atoms with van der Waals surface area (Å²) in [5, 5.41) is 0. The Hall–Kier alpha value is -3.26. The highest BCUT2D eigenvalue weighted by Crippen LogP contribution is 2.33. The number of benzene rings is 3. The lowest BCUT2D eigenvalue weighted by Crippen LogP contribution is -2.16. The zero-order chi connectivity index (χ0) is 29.6. The minimum Gasteiger partial charge on any atom is -0.228 e. The Morgan fingerprint density at radius 1 is 0.524 bits per heavy atom. The van der Waals surface area contributed by atoms with Crippen LogP contribution >= 0.6 is 0 Å². The zero-order valence-corrected chi connectivity index (χ0v) is 26.7. The fraction of sp³-hybridized carbons (Fsp3) is 0.450. The van der Waals surface area contributed by atoms with Crippen molar-refractivity contribution < 1.29 is 0 Å². The molecule has 0 saturated heterocycles. The van der Waals surface area contributed by atoms with E-state index in [1.165, 1.54) is 81.8 Å². The fourth-order valence-corrected chi connectivity index (χ4v) is 5.99. The van der Waals surface area contributed by atoms with Crippen LogP contribution < -0.4 is 0 Å². The summed E-state index contributed by atoms with van der Waals surface area (Å²) < 4.78 is 0. The van der Waals surface area contributed by atoms with Crippen molar-refractivity contribution in [2.75, 3.05) is 0 Å². The second-order valence-electron chi connectivity index (χ2n) is 12.7. The van der Waals surface area contributed by atoms with Crippen LogP contribution in [0.25, 0.3) is 33.9 Å². The second-order valence-corrected chi connectivity index (χ2v) is 12.7. The average molecular weight is 561 g/mol. The molecular weight excluding hydrogens is 508 g/mol. The Kier molecular flexibility index (Phi) is 12.4. The highest BCUT2D eigenvalue weighted by Gasteiger charge is 2.20. The van der Waals surface area contributed by atoms with Gasteiger partial charge in [0.2, 0.25) is 0 Å². The maximum Gasteiger partial charge on any atom is 0.160 e. The zero-order valence-electron chi connectivity index (χ0n) is 26.7. The maximum atomic E-state index is 5.11. The normalized spacial score (nSPS) is 11.6. The maximum absolute atomic E-state index is 5.11. The Bertz CT molecular complexity index is 1340. The van der Waals surface area contributed by atoms with Crippen molar-refractivity contribution in [1.29, 1.82) is 0 Å². The van der Waals surface area contributed by atoms with Gasteiger partial charge in [-0.15, -0.1) is 0 Å². The van der Waals surface area contributed by atoms with E-state index in [4.69, 9.17) is 9.97 Å². The highest BCUT2D eigenvalue weighted by molar-refractivity contribution is 5.72. The molecule has 1 heterocycles. The third-order valence-electron chi connectivity index (χ3n) is 8.64. The van der Waals surface area contributed by atoms with Crippen molar-refractivity contribution in [3.05, 3.63) is 96.1 Å². The lowest BCUT2D eigenvalue weighted by molar-refractivity contribution is 0.473. The Morgan fingerprint density at radius 3 is 1.76 bits per heavy atom. The quantitative estimate of drug-likeness (QED) is 0.120. The van der Waals surface area contributed by atoms with Gasteiger partial charge in [-0.3, -0.25) is 0 Å². The van der Waals surface area contributed by atoms with Crippen molar-refractivity contribution in [3.63, 3.8) is 0 Å². The van der Waals surface area contributed by atoms with E-state index in [2.05, 4.69) is 113 Å². The van der Waals surface area contributed by atoms with E-state index in [1.54, 1.807) is 0 Å². The van der Waals surface area contributed by atoms with Crippen LogP contribution in [0, 0.1) is 0 Å². The van der Waals surface area contributed by atoms with Crippen molar-refractivity contribution in [1.82, 2.24) is 9.97 Å². The number of unbranched alkanes of at least 4 members (excludes halogenated alkanes) is 9. The molecule has 0 radical (unpaired) electrons. The topological polar surface area (TPSA) is 25.8 Å². The standard InChI is InChI=1S/C40H52N2/c1-5-7-8-9-10-11-12-13-14-16-20-32-25-27-34(28-26-32)39-41-37(33-21-17-15-18-22-33)31-38(42-39)35-23-19-24-36(30-35)40(3,4)29-6-2/h15,17-19,21-28,30-31H,5-14,16,20,29H2,1-4H3. The molecule has 2 heteroatoms. The third-order valence-corrected chi connectivity index (χ3v) is 8.64. The van der Waals surface area contributed by atoms with Crippen molar-refractivity contribution in [2.45, 2.75) is 117 Å². The number of hydrogen-bond donors (Lipinski definition) is 0. The SMILES string of the molecule is CCCCCCCCCCCCc1ccc(-c2nc(-c3ccccc3)cc(-c3cccc(C(C)(C)CCC)c3)n2)cc1. The molecule has 0 fully saturated rings. The lowest BCUT2D eigenvalue weighted by Gasteiger charge is -2.25. The largest absolute Gasteiger partial charge is 0.228 e. The summed E-state index contributed by atoms with van der Waals surface area (Å²) in [6, 6.07) is 30.5. The average Bonchev–Trinajstić information content (AvgIpc) is 3.02. The van der Waals surface area contributed by atoms with E-state index in [0.29, 0.717) is 0 Å². The molecule has 2 nitrogen and oxygen atoms in total. The van der Waals surface area contributed by atoms with E-state index in [1.807, 2.05) is 0 Å². The summed E-state index contributed by atoms with van der Waals surface area (Å²) >= 11 is 0. The minimum absolute atomic E-state index is 0.132. The number of nitrogens with zero attached hydrogens (tertiary/aromatic N) is 2. The Labute approximate surface area is 256 Å². The summed E-state index contributed by atoms with van der Waals surface area (Å²) in [5.74, 6) is 0.787. The van der Waals surface area contributed by atoms with Gasteiger partial charge < -0.3 is 0 Å². The van der Waals surface area contributed by atoms with E-state index in [-0.39, 0.29) is 5.41 Å². The van der Waals surface area contributed by atoms with Gasteiger partial charge in [0.25, 0.3) is 0 Å². The van der Waals surface area contributed by atoms with Gasteiger partial charge in [-0.05, 0) is 47.9 Å². The summed E-state index contributed by atoms with van der Waals surface area (Å²) in [6.07, 6.45) is 17.2. The molecule has 0 aliphatic carbocycles. The summed E-state index contributed by atoms with van der Waals surface area (Å²) in [6.45, 7) is 9.23. The number of aromatic nitrogens is 2. The molecule has 4 aromatic rings. The van der Waals surface area contributed by atoms with Crippen LogP contribution in [0.5, 0.6) is 0 Å². The van der Waals surface area contributed by atoms with Crippen LogP contribution in [-0.4, -0.2) is 9.97 Å². The first-order valence-electron chi connectivity index (χ1n) is 16.6. The van der Waals surface area contributed by atoms with Gasteiger partial charge in [0.05, 0.1) is 11.4 Å². The molecule has 42 heavy (non-hydrogen) atoms. The molecule has 0 unspecified atom stereocenters. The molecule has 4 rings (SSSR count). The summed E-state index contributed by atoms with van der Waals surface area (Å²) in [7, 11) is 0. The van der Waals surface area contributed by atoms with E-state index >= 15 is 0 Å². The molecule has 0 spiro atoms. The summed E-state index contributed by atoms with van der Waals surface area (Å²) in [4.78, 5) is 10.2. The first kappa shape index (κ1) is 31.7. The number of hydrogen-bond acceptors (Lipinski definition) is 2. The van der Waals surface area contributed by atoms with Gasteiger partial charge in [0.1, 0.15) is 0 Å². The van der Waals surface area contributed by atoms with Crippen molar-refractivity contribution >= 4 is 0 Å².